The molecule has 2 rings (SSSR count). The molecule has 11 heteroatoms. The summed E-state index contributed by atoms with van der Waals surface area (Å²) in [4.78, 5) is 24.5. The molecule has 2 aromatic carbocycles. The predicted molar refractivity (Wildman–Crippen MR) is 126 cm³/mol. The summed E-state index contributed by atoms with van der Waals surface area (Å²) in [6.45, 7) is 0. The highest BCUT2D eigenvalue weighted by molar-refractivity contribution is 14.1. The van der Waals surface area contributed by atoms with E-state index in [-0.39, 0.29) is 19.3 Å². The molecule has 2 atom stereocenters. The van der Waals surface area contributed by atoms with E-state index in [0.29, 0.717) is 22.2 Å². The zero-order valence-electron chi connectivity index (χ0n) is 15.3. The van der Waals surface area contributed by atoms with Gasteiger partial charge in [0.2, 0.25) is 0 Å². The first-order chi connectivity index (χ1) is 13.9. The maximum absolute atomic E-state index is 12.4. The molecule has 0 saturated heterocycles. The molecule has 0 spiro atoms. The topological polar surface area (TPSA) is 105 Å². The van der Waals surface area contributed by atoms with Crippen LogP contribution in [0.15, 0.2) is 48.5 Å². The number of anilines is 1. The van der Waals surface area contributed by atoms with Crippen LogP contribution >= 0.6 is 45.8 Å². The van der Waals surface area contributed by atoms with Gasteiger partial charge in [0.05, 0.1) is 10.0 Å². The first-order valence-electron chi connectivity index (χ1n) is 8.71. The average molecular weight is 549 g/mol. The van der Waals surface area contributed by atoms with E-state index in [2.05, 4.69) is 16.0 Å². The molecule has 0 aromatic heterocycles. The second kappa shape index (κ2) is 12.2. The van der Waals surface area contributed by atoms with Gasteiger partial charge in [0, 0.05) is 11.6 Å². The molecule has 0 aliphatic heterocycles. The summed E-state index contributed by atoms with van der Waals surface area (Å²) in [6, 6.07) is 14.0. The minimum Gasteiger partial charge on any atom is -0.369 e. The van der Waals surface area contributed by atoms with E-state index in [4.69, 9.17) is 33.9 Å². The molecular weight excluding hydrogens is 529 g/mol. The highest BCUT2D eigenvalue weighted by Gasteiger charge is 2.22. The predicted octanol–water partition coefficient (Wildman–Crippen LogP) is 3.19. The van der Waals surface area contributed by atoms with Gasteiger partial charge in [0.1, 0.15) is 0 Å². The molecule has 2 unspecified atom stereocenters. The van der Waals surface area contributed by atoms with E-state index >= 15 is 0 Å². The number of urea groups is 1. The molecule has 2 aromatic rings. The molecule has 154 valence electrons. The molecule has 0 aliphatic rings. The van der Waals surface area contributed by atoms with Crippen LogP contribution in [0.2, 0.25) is 10.0 Å². The van der Waals surface area contributed by atoms with E-state index in [9.17, 15) is 9.59 Å². The number of alkyl halides is 1. The van der Waals surface area contributed by atoms with Gasteiger partial charge < -0.3 is 20.7 Å². The normalized spacial score (nSPS) is 12.6. The van der Waals surface area contributed by atoms with E-state index < -0.39 is 10.1 Å². The average Bonchev–Trinajstić information content (AvgIpc) is 2.69. The Hall–Kier alpha value is -1.53. The Bertz CT molecular complexity index is 832. The van der Waals surface area contributed by atoms with Crippen molar-refractivity contribution in [1.29, 1.82) is 0 Å². The summed E-state index contributed by atoms with van der Waals surface area (Å²) in [5.41, 5.74) is 1.60. The number of carbonyl (C=O) groups excluding carboxylic acids is 2. The Morgan fingerprint density at radius 2 is 1.83 bits per heavy atom. The van der Waals surface area contributed by atoms with Crippen LogP contribution in [0.25, 0.3) is 0 Å². The number of benzene rings is 2. The molecule has 7 nitrogen and oxygen atoms in total. The first-order valence-corrected chi connectivity index (χ1v) is 10.7. The minimum absolute atomic E-state index is 0.164. The van der Waals surface area contributed by atoms with E-state index in [1.807, 2.05) is 52.9 Å². The Morgan fingerprint density at radius 3 is 2.48 bits per heavy atom. The van der Waals surface area contributed by atoms with Gasteiger partial charge in [-0.2, -0.15) is 0 Å². The maximum atomic E-state index is 12.4. The Kier molecular flexibility index (Phi) is 10.0. The molecule has 5 N–H and O–H groups in total. The smallest absolute Gasteiger partial charge is 0.326 e. The fourth-order valence-electron chi connectivity index (χ4n) is 2.49. The van der Waals surface area contributed by atoms with Crippen molar-refractivity contribution in [2.45, 2.75) is 22.8 Å². The minimum atomic E-state index is -0.799. The lowest BCUT2D eigenvalue weighted by Crippen LogP contribution is -2.50. The monoisotopic (exact) mass is 548 g/mol. The lowest BCUT2D eigenvalue weighted by atomic mass is 9.83. The molecular formula is C18H20BCl2IN4O3. The largest absolute Gasteiger partial charge is 0.369 e. The quantitative estimate of drug-likeness (QED) is 0.127. The van der Waals surface area contributed by atoms with E-state index in [1.165, 1.54) is 6.07 Å². The molecule has 29 heavy (non-hydrogen) atoms. The van der Waals surface area contributed by atoms with Crippen molar-refractivity contribution < 1.29 is 14.3 Å². The van der Waals surface area contributed by atoms with Gasteiger partial charge >= 0.3 is 13.5 Å². The van der Waals surface area contributed by atoms with E-state index in [0.717, 1.165) is 12.0 Å². The summed E-state index contributed by atoms with van der Waals surface area (Å²) in [5, 5.41) is 8.70. The number of amides is 3. The Labute approximate surface area is 193 Å². The molecule has 0 aliphatic carbocycles. The number of hydrogen-bond acceptors (Lipinski definition) is 4. The van der Waals surface area contributed by atoms with Gasteiger partial charge in [0.15, 0.2) is 4.05 Å². The zero-order chi connectivity index (χ0) is 21.2. The highest BCUT2D eigenvalue weighted by atomic mass is 127. The third kappa shape index (κ3) is 8.39. The number of aryl methyl sites for hydroxylation is 1. The summed E-state index contributed by atoms with van der Waals surface area (Å²) in [7, 11) is 0.164. The van der Waals surface area contributed by atoms with Crippen molar-refractivity contribution >= 4 is 70.9 Å². The van der Waals surface area contributed by atoms with Crippen molar-refractivity contribution in [1.82, 2.24) is 10.6 Å². The third-order valence-electron chi connectivity index (χ3n) is 3.93. The standard InChI is InChI=1S/C18H20BCl2IN4O3/c20-13-8-7-12(10-14(13)21)24-18(28)26-16(22)17(27)25-15(19-29-23)9-6-11-4-2-1-3-5-11/h1-5,7-8,10,15-16,19H,6,9,23H2,(H,25,27)(H2,24,26,28). The van der Waals surface area contributed by atoms with Gasteiger partial charge in [-0.15, -0.1) is 0 Å². The third-order valence-corrected chi connectivity index (χ3v) is 5.55. The van der Waals surface area contributed by atoms with Crippen molar-refractivity contribution in [3.05, 3.63) is 64.1 Å². The number of nitrogens with one attached hydrogen (secondary N) is 3. The summed E-state index contributed by atoms with van der Waals surface area (Å²) >= 11 is 13.6. The molecule has 0 fully saturated rings. The molecule has 3 amide bonds. The Balaban J connectivity index is 1.84. The van der Waals surface area contributed by atoms with Gasteiger partial charge in [-0.3, -0.25) is 4.79 Å². The fraction of sp³-hybridized carbons (Fsp3) is 0.222. The molecule has 0 saturated carbocycles. The van der Waals surface area contributed by atoms with Crippen LogP contribution in [0.3, 0.4) is 0 Å². The maximum Gasteiger partial charge on any atom is 0.326 e. The number of carbonyl (C=O) groups is 2. The van der Waals surface area contributed by atoms with Crippen molar-refractivity contribution in [2.24, 2.45) is 5.90 Å². The second-order valence-corrected chi connectivity index (χ2v) is 8.21. The van der Waals surface area contributed by atoms with Crippen LogP contribution in [0.5, 0.6) is 0 Å². The molecule has 0 heterocycles. The lowest BCUT2D eigenvalue weighted by molar-refractivity contribution is -0.120. The molecule has 0 bridgehead atoms. The van der Waals surface area contributed by atoms with Crippen molar-refractivity contribution in [3.63, 3.8) is 0 Å². The number of nitrogens with two attached hydrogens (primary N) is 1. The summed E-state index contributed by atoms with van der Waals surface area (Å²) in [5.74, 6) is 4.54. The zero-order valence-corrected chi connectivity index (χ0v) is 19.0. The van der Waals surface area contributed by atoms with E-state index in [1.54, 1.807) is 12.1 Å². The van der Waals surface area contributed by atoms with Crippen molar-refractivity contribution in [3.8, 4) is 0 Å². The molecule has 0 radical (unpaired) electrons. The summed E-state index contributed by atoms with van der Waals surface area (Å²) in [6.07, 6.45) is 1.40. The van der Waals surface area contributed by atoms with Gasteiger partial charge in [0.25, 0.3) is 5.91 Å². The van der Waals surface area contributed by atoms with Crippen LogP contribution in [-0.2, 0) is 16.0 Å². The van der Waals surface area contributed by atoms with Crippen LogP contribution in [0, 0.1) is 0 Å². The van der Waals surface area contributed by atoms with Gasteiger partial charge in [-0.05, 0) is 59.2 Å². The van der Waals surface area contributed by atoms with Crippen LogP contribution in [0.1, 0.15) is 12.0 Å². The second-order valence-electron chi connectivity index (χ2n) is 6.15. The number of rotatable bonds is 9. The van der Waals surface area contributed by atoms with Crippen LogP contribution in [0.4, 0.5) is 10.5 Å². The lowest BCUT2D eigenvalue weighted by Gasteiger charge is -2.19. The number of halogens is 3. The van der Waals surface area contributed by atoms with Gasteiger partial charge in [-0.1, -0.05) is 53.5 Å². The van der Waals surface area contributed by atoms with Crippen molar-refractivity contribution in [2.75, 3.05) is 5.32 Å². The van der Waals surface area contributed by atoms with Gasteiger partial charge in [-0.25, -0.2) is 10.7 Å². The first kappa shape index (κ1) is 23.8. The number of hydrogen-bond donors (Lipinski definition) is 4. The Morgan fingerprint density at radius 1 is 1.10 bits per heavy atom. The fourth-order valence-corrected chi connectivity index (χ4v) is 3.26. The SMILES string of the molecule is NOBC(CCc1ccccc1)NC(=O)C(I)NC(=O)Nc1ccc(Cl)c(Cl)c1. The van der Waals surface area contributed by atoms with Crippen LogP contribution in [-0.4, -0.2) is 29.4 Å². The van der Waals surface area contributed by atoms with Crippen LogP contribution < -0.4 is 21.8 Å². The highest BCUT2D eigenvalue weighted by Crippen LogP contribution is 2.24. The summed E-state index contributed by atoms with van der Waals surface area (Å²) < 4.78 is 3.92.